The number of anilines is 3. The average molecular weight is 896 g/mol. The Morgan fingerprint density at radius 1 is 0.400 bits per heavy atom. The molecule has 0 radical (unpaired) electrons. The summed E-state index contributed by atoms with van der Waals surface area (Å²) in [6.07, 6.45) is 5.75. The van der Waals surface area contributed by atoms with Crippen molar-refractivity contribution in [2.45, 2.75) is 5.41 Å². The molecule has 1 aliphatic carbocycles. The molecule has 2 aliphatic rings. The third kappa shape index (κ3) is 6.11. The van der Waals surface area contributed by atoms with Crippen molar-refractivity contribution in [2.24, 2.45) is 0 Å². The fourth-order valence-corrected chi connectivity index (χ4v) is 11.2. The highest BCUT2D eigenvalue weighted by Crippen LogP contribution is 2.62. The molecule has 3 heterocycles. The van der Waals surface area contributed by atoms with Gasteiger partial charge < -0.3 is 14.4 Å². The third-order valence-electron chi connectivity index (χ3n) is 14.3. The van der Waals surface area contributed by atoms with Gasteiger partial charge in [-0.3, -0.25) is 9.97 Å². The summed E-state index contributed by atoms with van der Waals surface area (Å²) in [5.74, 6) is 2.87. The maximum Gasteiger partial charge on any atom is 0.178 e. The summed E-state index contributed by atoms with van der Waals surface area (Å²) in [7, 11) is 0. The molecule has 12 aromatic rings. The van der Waals surface area contributed by atoms with E-state index in [-0.39, 0.29) is 0 Å². The zero-order valence-corrected chi connectivity index (χ0v) is 37.8. The number of hydrogen-bond donors (Lipinski definition) is 0. The fraction of sp³-hybridized carbons (Fsp3) is 0.0154. The second-order valence-corrected chi connectivity index (χ2v) is 18.1. The van der Waals surface area contributed by atoms with Crippen LogP contribution < -0.4 is 14.4 Å². The van der Waals surface area contributed by atoms with E-state index in [1.807, 2.05) is 42.9 Å². The number of para-hydroxylation sites is 2. The predicted octanol–water partition coefficient (Wildman–Crippen LogP) is 17.0. The number of rotatable bonds is 7. The van der Waals surface area contributed by atoms with E-state index in [0.717, 1.165) is 77.7 Å². The summed E-state index contributed by atoms with van der Waals surface area (Å²) in [6, 6.07) is 82.3. The van der Waals surface area contributed by atoms with Crippen LogP contribution in [0.3, 0.4) is 0 Å². The van der Waals surface area contributed by atoms with Gasteiger partial charge in [-0.2, -0.15) is 0 Å². The minimum Gasteiger partial charge on any atom is -0.449 e. The summed E-state index contributed by atoms with van der Waals surface area (Å²) >= 11 is 0. The van der Waals surface area contributed by atoms with E-state index in [0.29, 0.717) is 17.2 Å². The summed E-state index contributed by atoms with van der Waals surface area (Å²) in [4.78, 5) is 11.9. The highest BCUT2D eigenvalue weighted by Gasteiger charge is 2.48. The number of pyridine rings is 2. The maximum atomic E-state index is 6.78. The van der Waals surface area contributed by atoms with Crippen LogP contribution in [0.2, 0.25) is 0 Å². The zero-order valence-electron chi connectivity index (χ0n) is 37.8. The Morgan fingerprint density at radius 3 is 1.90 bits per heavy atom. The molecule has 1 unspecified atom stereocenters. The third-order valence-corrected chi connectivity index (χ3v) is 14.3. The van der Waals surface area contributed by atoms with Gasteiger partial charge in [0.1, 0.15) is 0 Å². The van der Waals surface area contributed by atoms with Gasteiger partial charge in [-0.15, -0.1) is 0 Å². The molecule has 1 aliphatic heterocycles. The first kappa shape index (κ1) is 39.8. The molecule has 0 saturated carbocycles. The van der Waals surface area contributed by atoms with Crippen molar-refractivity contribution in [1.29, 1.82) is 0 Å². The molecular formula is C65H41N3O2. The molecule has 5 nitrogen and oxygen atoms in total. The predicted molar refractivity (Wildman–Crippen MR) is 284 cm³/mol. The van der Waals surface area contributed by atoms with Crippen molar-refractivity contribution >= 4 is 49.5 Å². The molecule has 1 atom stereocenters. The monoisotopic (exact) mass is 895 g/mol. The minimum atomic E-state index is -0.654. The molecule has 10 aromatic carbocycles. The number of aromatic nitrogens is 2. The Morgan fingerprint density at radius 2 is 1.09 bits per heavy atom. The van der Waals surface area contributed by atoms with Crippen LogP contribution in [0, 0.1) is 0 Å². The molecule has 5 heteroatoms. The molecular weight excluding hydrogens is 855 g/mol. The summed E-state index contributed by atoms with van der Waals surface area (Å²) in [5.41, 5.74) is 15.0. The normalized spacial score (nSPS) is 14.3. The first-order chi connectivity index (χ1) is 34.7. The Labute approximate surface area is 405 Å². The quantitative estimate of drug-likeness (QED) is 0.149. The standard InChI is InChI=1S/C65H41N3O2/c1-3-12-42(13-4-1)43-22-28-49(29-23-43)68(50-30-24-44(25-31-50)51-18-11-14-46-41-66-38-36-52(46)51)58-37-39-67-63-53-33-27-48(40-45(53)26-32-55(58)63)65(47-15-5-2-6-16-47)56-19-8-7-17-54(56)62-57(65)34-35-61-64(62)70-60-21-10-9-20-59(60)69-61/h1-41H. The number of nitrogens with zero attached hydrogens (tertiary/aromatic N) is 3. The fourth-order valence-electron chi connectivity index (χ4n) is 11.2. The van der Waals surface area contributed by atoms with E-state index in [4.69, 9.17) is 14.5 Å². The molecule has 2 aromatic heterocycles. The van der Waals surface area contributed by atoms with Crippen molar-refractivity contribution in [3.05, 3.63) is 271 Å². The smallest absolute Gasteiger partial charge is 0.178 e. The van der Waals surface area contributed by atoms with Gasteiger partial charge in [0.2, 0.25) is 0 Å². The lowest BCUT2D eigenvalue weighted by Crippen LogP contribution is -2.28. The van der Waals surface area contributed by atoms with Crippen LogP contribution in [0.25, 0.3) is 65.8 Å². The van der Waals surface area contributed by atoms with Gasteiger partial charge in [0.05, 0.1) is 16.6 Å². The molecule has 0 fully saturated rings. The van der Waals surface area contributed by atoms with E-state index >= 15 is 0 Å². The summed E-state index contributed by atoms with van der Waals surface area (Å²) < 4.78 is 13.3. The van der Waals surface area contributed by atoms with Crippen molar-refractivity contribution in [2.75, 3.05) is 4.90 Å². The SMILES string of the molecule is c1ccc(-c2ccc(N(c3ccc(-c4cccc5cnccc45)cc3)c3ccnc4c3ccc3cc(C5(c6ccccc6)c6ccccc6-c6c5ccc5c6Oc6ccccc6O5)ccc34)cc2)cc1. The minimum absolute atomic E-state index is 0.654. The molecule has 0 saturated heterocycles. The second-order valence-electron chi connectivity index (χ2n) is 18.1. The summed E-state index contributed by atoms with van der Waals surface area (Å²) in [6.45, 7) is 0. The maximum absolute atomic E-state index is 6.78. The van der Waals surface area contributed by atoms with E-state index in [1.165, 1.54) is 33.2 Å². The molecule has 70 heavy (non-hydrogen) atoms. The number of hydrogen-bond acceptors (Lipinski definition) is 5. The van der Waals surface area contributed by atoms with Crippen LogP contribution in [0.5, 0.6) is 23.0 Å². The lowest BCUT2D eigenvalue weighted by atomic mass is 9.67. The van der Waals surface area contributed by atoms with Gasteiger partial charge in [0, 0.05) is 51.7 Å². The van der Waals surface area contributed by atoms with Gasteiger partial charge >= 0.3 is 0 Å². The molecule has 0 spiro atoms. The molecule has 0 bridgehead atoms. The number of fused-ring (bicyclic) bond motifs is 10. The lowest BCUT2D eigenvalue weighted by Gasteiger charge is -2.34. The van der Waals surface area contributed by atoms with Crippen LogP contribution >= 0.6 is 0 Å². The molecule has 0 N–H and O–H groups in total. The van der Waals surface area contributed by atoms with Crippen LogP contribution in [-0.4, -0.2) is 9.97 Å². The first-order valence-electron chi connectivity index (χ1n) is 23.7. The van der Waals surface area contributed by atoms with E-state index in [2.05, 4.69) is 216 Å². The largest absolute Gasteiger partial charge is 0.449 e. The Kier molecular flexibility index (Phi) is 9.04. The van der Waals surface area contributed by atoms with Gasteiger partial charge in [-0.1, -0.05) is 170 Å². The van der Waals surface area contributed by atoms with Crippen LogP contribution in [0.1, 0.15) is 22.3 Å². The van der Waals surface area contributed by atoms with Crippen LogP contribution in [0.4, 0.5) is 17.1 Å². The average Bonchev–Trinajstić information content (AvgIpc) is 3.75. The van der Waals surface area contributed by atoms with Crippen molar-refractivity contribution in [3.63, 3.8) is 0 Å². The second kappa shape index (κ2) is 15.9. The molecule has 0 amide bonds. The Balaban J connectivity index is 0.929. The zero-order chi connectivity index (χ0) is 46.2. The number of ether oxygens (including phenoxy) is 2. The van der Waals surface area contributed by atoms with Gasteiger partial charge in [-0.05, 0) is 122 Å². The summed E-state index contributed by atoms with van der Waals surface area (Å²) in [5, 5.41) is 5.54. The van der Waals surface area contributed by atoms with Crippen LogP contribution in [-0.2, 0) is 5.41 Å². The molecule has 14 rings (SSSR count). The van der Waals surface area contributed by atoms with Crippen molar-refractivity contribution < 1.29 is 9.47 Å². The lowest BCUT2D eigenvalue weighted by molar-refractivity contribution is 0.360. The van der Waals surface area contributed by atoms with Gasteiger partial charge in [0.15, 0.2) is 23.0 Å². The number of benzene rings is 10. The highest BCUT2D eigenvalue weighted by molar-refractivity contribution is 6.11. The first-order valence-corrected chi connectivity index (χ1v) is 23.7. The molecule has 328 valence electrons. The van der Waals surface area contributed by atoms with Crippen molar-refractivity contribution in [1.82, 2.24) is 9.97 Å². The topological polar surface area (TPSA) is 47.5 Å². The van der Waals surface area contributed by atoms with E-state index in [1.54, 1.807) is 0 Å². The van der Waals surface area contributed by atoms with Crippen molar-refractivity contribution in [3.8, 4) is 56.4 Å². The van der Waals surface area contributed by atoms with Crippen LogP contribution in [0.15, 0.2) is 249 Å². The Bertz CT molecular complexity index is 4000. The van der Waals surface area contributed by atoms with Gasteiger partial charge in [-0.25, -0.2) is 0 Å². The van der Waals surface area contributed by atoms with E-state index in [9.17, 15) is 0 Å². The highest BCUT2D eigenvalue weighted by atomic mass is 16.6. The van der Waals surface area contributed by atoms with Gasteiger partial charge in [0.25, 0.3) is 0 Å². The Hall–Kier alpha value is -9.32. The van der Waals surface area contributed by atoms with E-state index < -0.39 is 5.41 Å².